The maximum absolute atomic E-state index is 14.1. The number of ether oxygens (including phenoxy) is 1. The molecule has 1 aromatic heterocycles. The van der Waals surface area contributed by atoms with E-state index >= 15 is 0 Å². The molecule has 3 rings (SSSR count). The van der Waals surface area contributed by atoms with Gasteiger partial charge in [0.2, 0.25) is 5.91 Å². The molecule has 0 fully saturated rings. The summed E-state index contributed by atoms with van der Waals surface area (Å²) < 4.78 is 19.5. The number of carbonyl (C=O) groups is 2. The number of anilines is 3. The van der Waals surface area contributed by atoms with Crippen molar-refractivity contribution < 1.29 is 18.7 Å². The molecule has 150 valence electrons. The number of hydrogen-bond acceptors (Lipinski definition) is 6. The van der Waals surface area contributed by atoms with Crippen LogP contribution in [0.1, 0.15) is 23.0 Å². The monoisotopic (exact) mass is 413 g/mol. The van der Waals surface area contributed by atoms with E-state index in [-0.39, 0.29) is 18.2 Å². The van der Waals surface area contributed by atoms with Crippen molar-refractivity contribution in [2.45, 2.75) is 13.5 Å². The summed E-state index contributed by atoms with van der Waals surface area (Å²) in [6, 6.07) is 13.1. The molecule has 0 bridgehead atoms. The highest BCUT2D eigenvalue weighted by atomic mass is 32.1. The van der Waals surface area contributed by atoms with Crippen molar-refractivity contribution >= 4 is 39.7 Å². The highest BCUT2D eigenvalue weighted by molar-refractivity contribution is 7.14. The van der Waals surface area contributed by atoms with Crippen molar-refractivity contribution in [2.24, 2.45) is 0 Å². The zero-order valence-corrected chi connectivity index (χ0v) is 17.1. The summed E-state index contributed by atoms with van der Waals surface area (Å²) in [5, 5.41) is 1.98. The van der Waals surface area contributed by atoms with E-state index in [1.165, 1.54) is 35.3 Å². The van der Waals surface area contributed by atoms with Gasteiger partial charge in [0.05, 0.1) is 16.9 Å². The second kappa shape index (κ2) is 8.83. The Bertz CT molecular complexity index is 1040. The fraction of sp³-hybridized carbons (Fsp3) is 0.190. The van der Waals surface area contributed by atoms with Gasteiger partial charge in [-0.15, -0.1) is 11.3 Å². The van der Waals surface area contributed by atoms with Crippen molar-refractivity contribution in [2.75, 3.05) is 23.9 Å². The molecule has 0 radical (unpaired) electrons. The van der Waals surface area contributed by atoms with Gasteiger partial charge in [-0.1, -0.05) is 18.2 Å². The maximum atomic E-state index is 14.1. The Hall–Kier alpha value is -3.26. The Balaban J connectivity index is 1.73. The van der Waals surface area contributed by atoms with Crippen LogP contribution < -0.4 is 9.80 Å². The average Bonchev–Trinajstić information content (AvgIpc) is 3.16. The number of aromatic nitrogens is 1. The first-order chi connectivity index (χ1) is 13.9. The van der Waals surface area contributed by atoms with E-state index in [4.69, 9.17) is 4.74 Å². The van der Waals surface area contributed by atoms with Crippen LogP contribution in [0.3, 0.4) is 0 Å². The molecule has 3 aromatic rings. The van der Waals surface area contributed by atoms with Gasteiger partial charge in [-0.2, -0.15) is 0 Å². The number of nitrogens with zero attached hydrogens (tertiary/aromatic N) is 3. The van der Waals surface area contributed by atoms with Crippen LogP contribution in [-0.2, 0) is 16.1 Å². The summed E-state index contributed by atoms with van der Waals surface area (Å²) in [5.41, 5.74) is 1.92. The second-order valence-corrected chi connectivity index (χ2v) is 7.28. The summed E-state index contributed by atoms with van der Waals surface area (Å²) in [6.07, 6.45) is 0. The third kappa shape index (κ3) is 4.78. The third-order valence-electron chi connectivity index (χ3n) is 4.09. The van der Waals surface area contributed by atoms with Crippen LogP contribution in [0.2, 0.25) is 0 Å². The van der Waals surface area contributed by atoms with Crippen LogP contribution in [-0.4, -0.2) is 31.0 Å². The van der Waals surface area contributed by atoms with Crippen molar-refractivity contribution in [3.05, 3.63) is 71.0 Å². The van der Waals surface area contributed by atoms with Gasteiger partial charge in [0.1, 0.15) is 12.4 Å². The fourth-order valence-corrected chi connectivity index (χ4v) is 3.50. The predicted octanol–water partition coefficient (Wildman–Crippen LogP) is 4.39. The molecule has 0 saturated carbocycles. The van der Waals surface area contributed by atoms with Crippen molar-refractivity contribution in [1.82, 2.24) is 4.98 Å². The number of carbonyl (C=O) groups excluding carboxylic acids is 2. The van der Waals surface area contributed by atoms with Crippen LogP contribution in [0, 0.1) is 5.82 Å². The van der Waals surface area contributed by atoms with Gasteiger partial charge in [-0.05, 0) is 30.3 Å². The Kier molecular flexibility index (Phi) is 6.23. The molecule has 1 amide bonds. The molecule has 0 aliphatic carbocycles. The quantitative estimate of drug-likeness (QED) is 0.561. The van der Waals surface area contributed by atoms with Gasteiger partial charge in [-0.3, -0.25) is 9.69 Å². The van der Waals surface area contributed by atoms with Crippen molar-refractivity contribution in [3.8, 4) is 0 Å². The lowest BCUT2D eigenvalue weighted by molar-refractivity contribution is -0.115. The number of amides is 1. The molecular weight excluding hydrogens is 393 g/mol. The smallest absolute Gasteiger partial charge is 0.338 e. The molecule has 29 heavy (non-hydrogen) atoms. The van der Waals surface area contributed by atoms with Crippen LogP contribution in [0.4, 0.5) is 20.9 Å². The zero-order chi connectivity index (χ0) is 21.0. The fourth-order valence-electron chi connectivity index (χ4n) is 2.64. The number of esters is 1. The van der Waals surface area contributed by atoms with Crippen molar-refractivity contribution in [3.63, 3.8) is 0 Å². The molecule has 0 atom stereocenters. The zero-order valence-electron chi connectivity index (χ0n) is 16.3. The minimum atomic E-state index is -0.522. The highest BCUT2D eigenvalue weighted by Gasteiger charge is 2.21. The summed E-state index contributed by atoms with van der Waals surface area (Å²) in [5.74, 6) is -1.36. The standard InChI is InChI=1S/C21H20FN3O3S/c1-14(26)25(19-10-5-4-9-18(19)22)21-23-16(13-29-21)12-28-20(27)15-7-6-8-17(11-15)24(2)3/h4-11,13H,12H2,1-3H3. The van der Waals surface area contributed by atoms with Gasteiger partial charge in [0.25, 0.3) is 0 Å². The topological polar surface area (TPSA) is 62.7 Å². The van der Waals surface area contributed by atoms with Crippen LogP contribution in [0.25, 0.3) is 0 Å². The lowest BCUT2D eigenvalue weighted by atomic mass is 10.2. The van der Waals surface area contributed by atoms with Gasteiger partial charge >= 0.3 is 5.97 Å². The van der Waals surface area contributed by atoms with E-state index in [0.717, 1.165) is 5.69 Å². The largest absolute Gasteiger partial charge is 0.456 e. The van der Waals surface area contributed by atoms with E-state index in [0.29, 0.717) is 16.4 Å². The minimum Gasteiger partial charge on any atom is -0.456 e. The molecule has 2 aromatic carbocycles. The van der Waals surface area contributed by atoms with Crippen LogP contribution in [0.15, 0.2) is 53.9 Å². The Labute approximate surface area is 172 Å². The molecular formula is C21H20FN3O3S. The summed E-state index contributed by atoms with van der Waals surface area (Å²) in [6.45, 7) is 1.29. The van der Waals surface area contributed by atoms with Gasteiger partial charge < -0.3 is 9.64 Å². The maximum Gasteiger partial charge on any atom is 0.338 e. The SMILES string of the molecule is CC(=O)N(c1nc(COC(=O)c2cccc(N(C)C)c2)cs1)c1ccccc1F. The molecule has 6 nitrogen and oxygen atoms in total. The molecule has 8 heteroatoms. The number of rotatable bonds is 6. The number of para-hydroxylation sites is 1. The number of benzene rings is 2. The van der Waals surface area contributed by atoms with Crippen molar-refractivity contribution in [1.29, 1.82) is 0 Å². The van der Waals surface area contributed by atoms with Gasteiger partial charge in [0.15, 0.2) is 5.13 Å². The normalized spacial score (nSPS) is 10.5. The molecule has 1 heterocycles. The molecule has 0 aliphatic heterocycles. The minimum absolute atomic E-state index is 0.0510. The highest BCUT2D eigenvalue weighted by Crippen LogP contribution is 2.31. The predicted molar refractivity (Wildman–Crippen MR) is 111 cm³/mol. The molecule has 0 saturated heterocycles. The number of hydrogen-bond donors (Lipinski definition) is 0. The summed E-state index contributed by atoms with van der Waals surface area (Å²) >= 11 is 1.17. The number of thiazole rings is 1. The second-order valence-electron chi connectivity index (χ2n) is 6.45. The average molecular weight is 413 g/mol. The van der Waals surface area contributed by atoms with E-state index in [1.54, 1.807) is 35.7 Å². The van der Waals surface area contributed by atoms with E-state index in [2.05, 4.69) is 4.98 Å². The first-order valence-corrected chi connectivity index (χ1v) is 9.69. The van der Waals surface area contributed by atoms with Gasteiger partial charge in [0, 0.05) is 32.1 Å². The first-order valence-electron chi connectivity index (χ1n) is 8.81. The lowest BCUT2D eigenvalue weighted by Crippen LogP contribution is -2.23. The number of halogens is 1. The first kappa shape index (κ1) is 20.5. The third-order valence-corrected chi connectivity index (χ3v) is 4.96. The van der Waals surface area contributed by atoms with Gasteiger partial charge in [-0.25, -0.2) is 14.2 Å². The molecule has 0 N–H and O–H groups in total. The molecule has 0 aliphatic rings. The Morgan fingerprint density at radius 2 is 1.90 bits per heavy atom. The summed E-state index contributed by atoms with van der Waals surface area (Å²) in [7, 11) is 3.77. The Morgan fingerprint density at radius 1 is 1.14 bits per heavy atom. The van der Waals surface area contributed by atoms with E-state index in [9.17, 15) is 14.0 Å². The Morgan fingerprint density at radius 3 is 2.59 bits per heavy atom. The van der Waals surface area contributed by atoms with Crippen LogP contribution >= 0.6 is 11.3 Å². The summed E-state index contributed by atoms with van der Waals surface area (Å²) in [4.78, 5) is 31.8. The molecule has 0 spiro atoms. The lowest BCUT2D eigenvalue weighted by Gasteiger charge is -2.18. The molecule has 0 unspecified atom stereocenters. The van der Waals surface area contributed by atoms with E-state index < -0.39 is 11.8 Å². The van der Waals surface area contributed by atoms with E-state index in [1.807, 2.05) is 25.1 Å². The van der Waals surface area contributed by atoms with Crippen LogP contribution in [0.5, 0.6) is 0 Å².